The molecule has 3 aromatic rings. The summed E-state index contributed by atoms with van der Waals surface area (Å²) in [6.45, 7) is 2.45. The third-order valence-corrected chi connectivity index (χ3v) is 8.91. The number of nitrogens with one attached hydrogen (secondary N) is 1. The molecule has 1 heterocycles. The lowest BCUT2D eigenvalue weighted by atomic mass is 9.88. The van der Waals surface area contributed by atoms with Gasteiger partial charge < -0.3 is 5.32 Å². The molecule has 1 N–H and O–H groups in total. The Hall–Kier alpha value is -2.99. The maximum absolute atomic E-state index is 12.9. The van der Waals surface area contributed by atoms with Gasteiger partial charge >= 0.3 is 0 Å². The van der Waals surface area contributed by atoms with Gasteiger partial charge in [-0.2, -0.15) is 9.57 Å². The molecule has 4 rings (SSSR count). The first-order valence-corrected chi connectivity index (χ1v) is 13.0. The lowest BCUT2D eigenvalue weighted by Crippen LogP contribution is -2.26. The minimum Gasteiger partial charge on any atom is -0.312 e. The van der Waals surface area contributed by atoms with Crippen molar-refractivity contribution in [1.82, 2.24) is 4.31 Å². The third-order valence-electron chi connectivity index (χ3n) is 5.92. The van der Waals surface area contributed by atoms with Crippen LogP contribution >= 0.6 is 11.3 Å². The number of anilines is 1. The molecular formula is C25H25N3O3S2. The van der Waals surface area contributed by atoms with Crippen LogP contribution in [0.15, 0.2) is 59.5 Å². The van der Waals surface area contributed by atoms with Gasteiger partial charge in [0.2, 0.25) is 10.0 Å². The van der Waals surface area contributed by atoms with Gasteiger partial charge in [-0.15, -0.1) is 11.3 Å². The minimum absolute atomic E-state index is 0.121. The van der Waals surface area contributed by atoms with Gasteiger partial charge in [-0.3, -0.25) is 4.79 Å². The fourth-order valence-corrected chi connectivity index (χ4v) is 6.53. The Morgan fingerprint density at radius 1 is 1.18 bits per heavy atom. The molecule has 2 aromatic carbocycles. The molecule has 1 aliphatic rings. The number of sulfonamides is 1. The Balaban J connectivity index is 1.49. The highest BCUT2D eigenvalue weighted by Gasteiger charge is 2.25. The molecule has 1 amide bonds. The average Bonchev–Trinajstić information content (AvgIpc) is 3.15. The van der Waals surface area contributed by atoms with E-state index in [1.807, 2.05) is 30.3 Å². The summed E-state index contributed by atoms with van der Waals surface area (Å²) in [7, 11) is -2.16. The molecule has 8 heteroatoms. The second-order valence-corrected chi connectivity index (χ2v) is 11.5. The zero-order valence-corrected chi connectivity index (χ0v) is 20.2. The number of hydrogen-bond donors (Lipinski definition) is 1. The van der Waals surface area contributed by atoms with E-state index in [1.54, 1.807) is 0 Å². The Morgan fingerprint density at radius 2 is 1.88 bits per heavy atom. The number of amides is 1. The average molecular weight is 480 g/mol. The van der Waals surface area contributed by atoms with Crippen molar-refractivity contribution in [2.75, 3.05) is 12.4 Å². The molecule has 6 nitrogen and oxygen atoms in total. The summed E-state index contributed by atoms with van der Waals surface area (Å²) in [6.07, 6.45) is 2.82. The van der Waals surface area contributed by atoms with E-state index in [4.69, 9.17) is 0 Å². The molecule has 33 heavy (non-hydrogen) atoms. The van der Waals surface area contributed by atoms with Crippen molar-refractivity contribution in [1.29, 1.82) is 5.26 Å². The highest BCUT2D eigenvalue weighted by atomic mass is 32.2. The molecule has 1 unspecified atom stereocenters. The lowest BCUT2D eigenvalue weighted by Gasteiger charge is -2.17. The van der Waals surface area contributed by atoms with E-state index in [1.165, 1.54) is 51.8 Å². The quantitative estimate of drug-likeness (QED) is 0.549. The highest BCUT2D eigenvalue weighted by Crippen LogP contribution is 2.39. The van der Waals surface area contributed by atoms with Gasteiger partial charge in [0.05, 0.1) is 10.5 Å². The fraction of sp³-hybridized carbons (Fsp3) is 0.280. The standard InChI is InChI=1S/C25H25N3O3S2/c1-17-8-13-21-22(15-26)25(32-23(21)14-17)27-24(29)19-9-11-20(12-10-19)33(30,31)28(2)16-18-6-4-3-5-7-18/h3-7,9-12,17H,8,13-14,16H2,1-2H3,(H,27,29). The monoisotopic (exact) mass is 479 g/mol. The van der Waals surface area contributed by atoms with Gasteiger partial charge in [0.15, 0.2) is 0 Å². The van der Waals surface area contributed by atoms with E-state index in [0.717, 1.165) is 30.4 Å². The van der Waals surface area contributed by atoms with Gasteiger partial charge in [-0.25, -0.2) is 8.42 Å². The lowest BCUT2D eigenvalue weighted by molar-refractivity contribution is 0.102. The van der Waals surface area contributed by atoms with Crippen LogP contribution in [0.5, 0.6) is 0 Å². The number of benzene rings is 2. The van der Waals surface area contributed by atoms with Crippen LogP contribution < -0.4 is 5.32 Å². The molecule has 170 valence electrons. The van der Waals surface area contributed by atoms with E-state index < -0.39 is 10.0 Å². The van der Waals surface area contributed by atoms with E-state index in [0.29, 0.717) is 22.0 Å². The summed E-state index contributed by atoms with van der Waals surface area (Å²) in [6, 6.07) is 17.5. The Morgan fingerprint density at radius 3 is 2.55 bits per heavy atom. The first-order valence-electron chi connectivity index (χ1n) is 10.8. The van der Waals surface area contributed by atoms with E-state index in [-0.39, 0.29) is 17.3 Å². The Kier molecular flexibility index (Phi) is 6.66. The van der Waals surface area contributed by atoms with Crippen LogP contribution in [0.4, 0.5) is 5.00 Å². The molecule has 0 spiro atoms. The van der Waals surface area contributed by atoms with Crippen LogP contribution in [-0.4, -0.2) is 25.7 Å². The first-order chi connectivity index (χ1) is 15.8. The molecule has 1 atom stereocenters. The van der Waals surface area contributed by atoms with Crippen LogP contribution in [0.25, 0.3) is 0 Å². The Bertz CT molecular complexity index is 1310. The summed E-state index contributed by atoms with van der Waals surface area (Å²) in [5, 5.41) is 13.1. The number of carbonyl (C=O) groups is 1. The van der Waals surface area contributed by atoms with Crippen molar-refractivity contribution in [2.45, 2.75) is 37.6 Å². The summed E-state index contributed by atoms with van der Waals surface area (Å²) in [5.41, 5.74) is 2.83. The maximum atomic E-state index is 12.9. The number of fused-ring (bicyclic) bond motifs is 1. The predicted molar refractivity (Wildman–Crippen MR) is 130 cm³/mol. The SMILES string of the molecule is CC1CCc2c(sc(NC(=O)c3ccc(S(=O)(=O)N(C)Cc4ccccc4)cc3)c2C#N)C1. The first kappa shape index (κ1) is 23.2. The van der Waals surface area contributed by atoms with E-state index >= 15 is 0 Å². The number of rotatable bonds is 6. The van der Waals surface area contributed by atoms with Crippen LogP contribution in [0.1, 0.15) is 45.3 Å². The van der Waals surface area contributed by atoms with Crippen LogP contribution in [0.2, 0.25) is 0 Å². The molecule has 1 aromatic heterocycles. The van der Waals surface area contributed by atoms with Crippen molar-refractivity contribution in [3.63, 3.8) is 0 Å². The highest BCUT2D eigenvalue weighted by molar-refractivity contribution is 7.89. The van der Waals surface area contributed by atoms with Crippen molar-refractivity contribution in [3.05, 3.63) is 81.7 Å². The van der Waals surface area contributed by atoms with Gasteiger partial charge in [-0.1, -0.05) is 37.3 Å². The molecular weight excluding hydrogens is 454 g/mol. The van der Waals surface area contributed by atoms with Gasteiger partial charge in [0.25, 0.3) is 5.91 Å². The van der Waals surface area contributed by atoms with Gasteiger partial charge in [-0.05, 0) is 60.6 Å². The predicted octanol–water partition coefficient (Wildman–Crippen LogP) is 4.82. The van der Waals surface area contributed by atoms with Crippen molar-refractivity contribution >= 4 is 32.3 Å². The topological polar surface area (TPSA) is 90.3 Å². The van der Waals surface area contributed by atoms with Crippen LogP contribution in [0, 0.1) is 17.2 Å². The number of nitrogens with zero attached hydrogens (tertiary/aromatic N) is 2. The van der Waals surface area contributed by atoms with Crippen LogP contribution in [0.3, 0.4) is 0 Å². The molecule has 0 saturated heterocycles. The normalized spacial score (nSPS) is 15.6. The van der Waals surface area contributed by atoms with E-state index in [9.17, 15) is 18.5 Å². The van der Waals surface area contributed by atoms with Gasteiger partial charge in [0, 0.05) is 24.0 Å². The zero-order chi connectivity index (χ0) is 23.6. The van der Waals surface area contributed by atoms with Crippen molar-refractivity contribution < 1.29 is 13.2 Å². The largest absolute Gasteiger partial charge is 0.312 e. The van der Waals surface area contributed by atoms with Crippen LogP contribution in [-0.2, 0) is 29.4 Å². The maximum Gasteiger partial charge on any atom is 0.256 e. The van der Waals surface area contributed by atoms with E-state index in [2.05, 4.69) is 18.3 Å². The number of nitriles is 1. The molecule has 0 bridgehead atoms. The summed E-state index contributed by atoms with van der Waals surface area (Å²) in [4.78, 5) is 14.1. The van der Waals surface area contributed by atoms with Gasteiger partial charge in [0.1, 0.15) is 11.1 Å². The number of thiophene rings is 1. The third kappa shape index (κ3) is 4.86. The molecule has 0 fully saturated rings. The fourth-order valence-electron chi connectivity index (χ4n) is 4.02. The summed E-state index contributed by atoms with van der Waals surface area (Å²) in [5.74, 6) is 0.209. The van der Waals surface area contributed by atoms with Crippen molar-refractivity contribution in [2.24, 2.45) is 5.92 Å². The zero-order valence-electron chi connectivity index (χ0n) is 18.5. The summed E-state index contributed by atoms with van der Waals surface area (Å²) >= 11 is 1.47. The summed E-state index contributed by atoms with van der Waals surface area (Å²) < 4.78 is 27.1. The molecule has 1 aliphatic carbocycles. The Labute approximate surface area is 198 Å². The molecule has 0 radical (unpaired) electrons. The smallest absolute Gasteiger partial charge is 0.256 e. The second kappa shape index (κ2) is 9.48. The van der Waals surface area contributed by atoms with Crippen molar-refractivity contribution in [3.8, 4) is 6.07 Å². The number of hydrogen-bond acceptors (Lipinski definition) is 5. The second-order valence-electron chi connectivity index (χ2n) is 8.39. The molecule has 0 aliphatic heterocycles. The minimum atomic E-state index is -3.70. The molecule has 0 saturated carbocycles. The number of carbonyl (C=O) groups excluding carboxylic acids is 1.